The zero-order valence-corrected chi connectivity index (χ0v) is 10.5. The normalized spacial score (nSPS) is 13.9. The van der Waals surface area contributed by atoms with Crippen LogP contribution >= 0.6 is 12.6 Å². The molecular formula is C12H16N4S. The number of hydrazone groups is 1. The molecule has 1 atom stereocenters. The summed E-state index contributed by atoms with van der Waals surface area (Å²) < 4.78 is 0. The number of benzene rings is 1. The number of nitrogens with one attached hydrogen (secondary N) is 2. The molecule has 0 spiro atoms. The maximum atomic E-state index is 5.44. The van der Waals surface area contributed by atoms with Gasteiger partial charge in [0.2, 0.25) is 0 Å². The number of thiol groups is 1. The van der Waals surface area contributed by atoms with E-state index < -0.39 is 5.50 Å². The van der Waals surface area contributed by atoms with Gasteiger partial charge in [-0.1, -0.05) is 18.2 Å². The van der Waals surface area contributed by atoms with Gasteiger partial charge in [0.1, 0.15) is 5.50 Å². The lowest BCUT2D eigenvalue weighted by Crippen LogP contribution is -2.28. The standard InChI is InChI=1S/C12H16N4S/c1-8(15-16-12(13)17)6-9-7-14-11-5-3-2-4-10(9)11/h2-5,7,12,14,16-17H,6,13H2,1H3/b15-8+. The summed E-state index contributed by atoms with van der Waals surface area (Å²) in [6.07, 6.45) is 2.81. The summed E-state index contributed by atoms with van der Waals surface area (Å²) in [5.74, 6) is 0. The molecular weight excluding hydrogens is 232 g/mol. The first kappa shape index (κ1) is 12.0. The van der Waals surface area contributed by atoms with Gasteiger partial charge in [0.05, 0.1) is 0 Å². The first-order valence-corrected chi connectivity index (χ1v) is 5.96. The van der Waals surface area contributed by atoms with Crippen LogP contribution in [0.2, 0.25) is 0 Å². The third-order valence-corrected chi connectivity index (χ3v) is 2.62. The molecule has 0 aliphatic carbocycles. The highest BCUT2D eigenvalue weighted by atomic mass is 32.1. The van der Waals surface area contributed by atoms with Crippen LogP contribution in [0.3, 0.4) is 0 Å². The second-order valence-corrected chi connectivity index (χ2v) is 4.51. The van der Waals surface area contributed by atoms with Gasteiger partial charge >= 0.3 is 0 Å². The monoisotopic (exact) mass is 248 g/mol. The summed E-state index contributed by atoms with van der Waals surface area (Å²) in [5.41, 5.74) is 11.1. The van der Waals surface area contributed by atoms with Crippen LogP contribution in [0, 0.1) is 0 Å². The van der Waals surface area contributed by atoms with Gasteiger partial charge in [-0.15, -0.1) is 12.6 Å². The van der Waals surface area contributed by atoms with Crippen molar-refractivity contribution in [2.45, 2.75) is 18.8 Å². The van der Waals surface area contributed by atoms with Crippen molar-refractivity contribution in [3.63, 3.8) is 0 Å². The van der Waals surface area contributed by atoms with E-state index in [4.69, 9.17) is 5.73 Å². The van der Waals surface area contributed by atoms with E-state index >= 15 is 0 Å². The molecule has 0 aliphatic rings. The Morgan fingerprint density at radius 2 is 2.29 bits per heavy atom. The highest BCUT2D eigenvalue weighted by molar-refractivity contribution is 7.80. The number of hydrogen-bond acceptors (Lipinski definition) is 4. The van der Waals surface area contributed by atoms with Gasteiger partial charge in [0.25, 0.3) is 0 Å². The lowest BCUT2D eigenvalue weighted by molar-refractivity contribution is 0.713. The molecule has 0 amide bonds. The molecule has 0 aliphatic heterocycles. The van der Waals surface area contributed by atoms with Crippen LogP contribution in [0.1, 0.15) is 12.5 Å². The molecule has 2 aromatic rings. The number of H-pyrrole nitrogens is 1. The van der Waals surface area contributed by atoms with Gasteiger partial charge in [0.15, 0.2) is 0 Å². The van der Waals surface area contributed by atoms with Gasteiger partial charge in [0, 0.05) is 29.2 Å². The second kappa shape index (κ2) is 5.25. The largest absolute Gasteiger partial charge is 0.361 e. The molecule has 2 rings (SSSR count). The van der Waals surface area contributed by atoms with Crippen molar-refractivity contribution in [2.24, 2.45) is 10.8 Å². The van der Waals surface area contributed by atoms with Crippen molar-refractivity contribution >= 4 is 29.2 Å². The lowest BCUT2D eigenvalue weighted by Gasteiger charge is -2.05. The number of nitrogens with zero attached hydrogens (tertiary/aromatic N) is 1. The molecule has 1 aromatic heterocycles. The van der Waals surface area contributed by atoms with E-state index in [0.717, 1.165) is 17.6 Å². The molecule has 90 valence electrons. The molecule has 17 heavy (non-hydrogen) atoms. The average molecular weight is 248 g/mol. The summed E-state index contributed by atoms with van der Waals surface area (Å²) in [4.78, 5) is 3.24. The third-order valence-electron chi connectivity index (χ3n) is 2.51. The molecule has 0 bridgehead atoms. The molecule has 1 unspecified atom stereocenters. The van der Waals surface area contributed by atoms with E-state index in [1.807, 2.05) is 25.3 Å². The minimum atomic E-state index is -0.423. The molecule has 0 saturated carbocycles. The number of para-hydroxylation sites is 1. The van der Waals surface area contributed by atoms with Crippen LogP contribution in [-0.4, -0.2) is 16.2 Å². The van der Waals surface area contributed by atoms with Crippen molar-refractivity contribution in [3.05, 3.63) is 36.0 Å². The fraction of sp³-hybridized carbons (Fsp3) is 0.250. The molecule has 4 nitrogen and oxygen atoms in total. The number of aromatic amines is 1. The van der Waals surface area contributed by atoms with Crippen LogP contribution in [-0.2, 0) is 6.42 Å². The minimum Gasteiger partial charge on any atom is -0.361 e. The van der Waals surface area contributed by atoms with Crippen LogP contribution in [0.25, 0.3) is 10.9 Å². The van der Waals surface area contributed by atoms with Gasteiger partial charge in [-0.3, -0.25) is 5.43 Å². The molecule has 1 aromatic carbocycles. The van der Waals surface area contributed by atoms with E-state index in [1.165, 1.54) is 10.9 Å². The Kier molecular flexibility index (Phi) is 3.71. The quantitative estimate of drug-likeness (QED) is 0.289. The van der Waals surface area contributed by atoms with E-state index in [9.17, 15) is 0 Å². The van der Waals surface area contributed by atoms with Crippen molar-refractivity contribution in [2.75, 3.05) is 0 Å². The maximum absolute atomic E-state index is 5.44. The lowest BCUT2D eigenvalue weighted by atomic mass is 10.1. The minimum absolute atomic E-state index is 0.423. The average Bonchev–Trinajstić information content (AvgIpc) is 2.70. The van der Waals surface area contributed by atoms with Gasteiger partial charge in [-0.25, -0.2) is 0 Å². The fourth-order valence-electron chi connectivity index (χ4n) is 1.77. The Morgan fingerprint density at radius 1 is 1.53 bits per heavy atom. The topological polar surface area (TPSA) is 66.2 Å². The number of aromatic nitrogens is 1. The van der Waals surface area contributed by atoms with Crippen molar-refractivity contribution in [1.29, 1.82) is 0 Å². The molecule has 1 heterocycles. The predicted octanol–water partition coefficient (Wildman–Crippen LogP) is 1.85. The zero-order chi connectivity index (χ0) is 12.3. The smallest absolute Gasteiger partial charge is 0.136 e. The van der Waals surface area contributed by atoms with Crippen molar-refractivity contribution in [1.82, 2.24) is 10.4 Å². The molecule has 0 saturated heterocycles. The highest BCUT2D eigenvalue weighted by Gasteiger charge is 2.04. The van der Waals surface area contributed by atoms with Crippen molar-refractivity contribution in [3.8, 4) is 0 Å². The molecule has 0 fully saturated rings. The predicted molar refractivity (Wildman–Crippen MR) is 75.2 cm³/mol. The van der Waals surface area contributed by atoms with Crippen LogP contribution < -0.4 is 11.2 Å². The van der Waals surface area contributed by atoms with Crippen LogP contribution in [0.15, 0.2) is 35.6 Å². The van der Waals surface area contributed by atoms with E-state index in [2.05, 4.69) is 40.3 Å². The summed E-state index contributed by atoms with van der Waals surface area (Å²) >= 11 is 4.00. The third kappa shape index (κ3) is 3.01. The Bertz CT molecular complexity index is 530. The first-order chi connectivity index (χ1) is 8.16. The SMILES string of the molecule is C/C(Cc1c[nH]c2ccccc12)=N\NC(N)S. The second-order valence-electron chi connectivity index (χ2n) is 3.96. The molecule has 0 radical (unpaired) electrons. The highest BCUT2D eigenvalue weighted by Crippen LogP contribution is 2.18. The number of fused-ring (bicyclic) bond motifs is 1. The van der Waals surface area contributed by atoms with Crippen molar-refractivity contribution < 1.29 is 0 Å². The van der Waals surface area contributed by atoms with E-state index in [0.29, 0.717) is 0 Å². The summed E-state index contributed by atoms with van der Waals surface area (Å²) in [7, 11) is 0. The van der Waals surface area contributed by atoms with Gasteiger partial charge in [-0.2, -0.15) is 5.10 Å². The van der Waals surface area contributed by atoms with E-state index in [-0.39, 0.29) is 0 Å². The van der Waals surface area contributed by atoms with Crippen LogP contribution in [0.5, 0.6) is 0 Å². The Morgan fingerprint density at radius 3 is 3.06 bits per heavy atom. The maximum Gasteiger partial charge on any atom is 0.136 e. The number of nitrogens with two attached hydrogens (primary N) is 1. The number of hydrogen-bond donors (Lipinski definition) is 4. The summed E-state index contributed by atoms with van der Waals surface area (Å²) in [6.45, 7) is 1.96. The first-order valence-electron chi connectivity index (χ1n) is 5.44. The summed E-state index contributed by atoms with van der Waals surface area (Å²) in [5, 5.41) is 5.39. The zero-order valence-electron chi connectivity index (χ0n) is 9.64. The summed E-state index contributed by atoms with van der Waals surface area (Å²) in [6, 6.07) is 8.22. The fourth-order valence-corrected chi connectivity index (χ4v) is 1.83. The van der Waals surface area contributed by atoms with E-state index in [1.54, 1.807) is 0 Å². The Hall–Kier alpha value is -1.46. The Labute approximate surface area is 106 Å². The van der Waals surface area contributed by atoms with Gasteiger partial charge in [-0.05, 0) is 18.6 Å². The van der Waals surface area contributed by atoms with Crippen LogP contribution in [0.4, 0.5) is 0 Å². The van der Waals surface area contributed by atoms with Gasteiger partial charge < -0.3 is 10.7 Å². The molecule has 4 N–H and O–H groups in total. The number of rotatable bonds is 4. The molecule has 5 heteroatoms. The Balaban J connectivity index is 2.16.